The predicted octanol–water partition coefficient (Wildman–Crippen LogP) is 4.12. The van der Waals surface area contributed by atoms with Gasteiger partial charge >= 0.3 is 5.97 Å². The van der Waals surface area contributed by atoms with Crippen molar-refractivity contribution in [3.63, 3.8) is 0 Å². The van der Waals surface area contributed by atoms with Crippen LogP contribution in [-0.2, 0) is 4.79 Å². The molecule has 0 aromatic heterocycles. The molecule has 0 radical (unpaired) electrons. The number of amides is 1. The highest BCUT2D eigenvalue weighted by Gasteiger charge is 2.40. The minimum Gasteiger partial charge on any atom is -0.480 e. The summed E-state index contributed by atoms with van der Waals surface area (Å²) in [7, 11) is 0. The lowest BCUT2D eigenvalue weighted by atomic mass is 9.90. The van der Waals surface area contributed by atoms with Gasteiger partial charge < -0.3 is 10.4 Å². The van der Waals surface area contributed by atoms with Crippen molar-refractivity contribution in [1.29, 1.82) is 0 Å². The van der Waals surface area contributed by atoms with Crippen LogP contribution in [0.3, 0.4) is 0 Å². The van der Waals surface area contributed by atoms with E-state index in [0.717, 1.165) is 30.2 Å². The number of nitrogens with one attached hydrogen (secondary N) is 1. The summed E-state index contributed by atoms with van der Waals surface area (Å²) < 4.78 is 1.50. The predicted molar refractivity (Wildman–Crippen MR) is 87.4 cm³/mol. The number of carbonyl (C=O) groups excluding carboxylic acids is 1. The van der Waals surface area contributed by atoms with Crippen molar-refractivity contribution in [1.82, 2.24) is 5.32 Å². The van der Waals surface area contributed by atoms with Crippen molar-refractivity contribution in [2.24, 2.45) is 0 Å². The molecule has 0 heterocycles. The molecule has 1 aromatic rings. The highest BCUT2D eigenvalue weighted by Crippen LogP contribution is 2.29. The fourth-order valence-corrected chi connectivity index (χ4v) is 3.91. The topological polar surface area (TPSA) is 66.4 Å². The number of rotatable bonds is 3. The van der Waals surface area contributed by atoms with E-state index in [1.54, 1.807) is 18.2 Å². The molecule has 1 aliphatic rings. The van der Waals surface area contributed by atoms with Gasteiger partial charge in [-0.25, -0.2) is 4.79 Å². The number of halogens is 2. The van der Waals surface area contributed by atoms with E-state index in [0.29, 0.717) is 22.9 Å². The molecule has 2 N–H and O–H groups in total. The van der Waals surface area contributed by atoms with E-state index in [1.165, 1.54) is 0 Å². The van der Waals surface area contributed by atoms with E-state index in [2.05, 4.69) is 37.2 Å². The van der Waals surface area contributed by atoms with Gasteiger partial charge in [0.2, 0.25) is 0 Å². The number of benzene rings is 1. The first kappa shape index (κ1) is 16.5. The summed E-state index contributed by atoms with van der Waals surface area (Å²) in [4.78, 5) is 24.1. The number of carboxylic acid groups (broad SMARTS) is 1. The maximum Gasteiger partial charge on any atom is 0.329 e. The molecule has 0 bridgehead atoms. The van der Waals surface area contributed by atoms with E-state index in [-0.39, 0.29) is 5.91 Å². The fraction of sp³-hybridized carbons (Fsp3) is 0.467. The molecule has 1 saturated carbocycles. The minimum absolute atomic E-state index is 0.348. The molecule has 0 atom stereocenters. The van der Waals surface area contributed by atoms with E-state index in [1.807, 2.05) is 0 Å². The first-order chi connectivity index (χ1) is 9.94. The Morgan fingerprint density at radius 1 is 1.10 bits per heavy atom. The Hall–Kier alpha value is -0.880. The average molecular weight is 419 g/mol. The molecule has 1 fully saturated rings. The van der Waals surface area contributed by atoms with Crippen LogP contribution in [0.15, 0.2) is 27.1 Å². The summed E-state index contributed by atoms with van der Waals surface area (Å²) >= 11 is 6.68. The monoisotopic (exact) mass is 417 g/mol. The lowest BCUT2D eigenvalue weighted by Crippen LogP contribution is -2.54. The molecule has 2 rings (SSSR count). The highest BCUT2D eigenvalue weighted by atomic mass is 79.9. The van der Waals surface area contributed by atoms with Crippen molar-refractivity contribution in [3.8, 4) is 0 Å². The second-order valence-corrected chi connectivity index (χ2v) is 7.15. The maximum atomic E-state index is 12.4. The second-order valence-electron chi connectivity index (χ2n) is 5.38. The Kier molecular flexibility index (Phi) is 5.43. The van der Waals surface area contributed by atoms with Gasteiger partial charge in [-0.3, -0.25) is 4.79 Å². The molecule has 6 heteroatoms. The largest absolute Gasteiger partial charge is 0.480 e. The molecule has 0 spiro atoms. The standard InChI is InChI=1S/C15H17Br2NO3/c16-10-5-6-11(12(17)9-10)13(19)18-15(14(20)21)7-3-1-2-4-8-15/h5-6,9H,1-4,7-8H2,(H,18,19)(H,20,21). The smallest absolute Gasteiger partial charge is 0.329 e. The van der Waals surface area contributed by atoms with Crippen LogP contribution in [0.25, 0.3) is 0 Å². The molecule has 1 aromatic carbocycles. The van der Waals surface area contributed by atoms with Crippen molar-refractivity contribution in [3.05, 3.63) is 32.7 Å². The summed E-state index contributed by atoms with van der Waals surface area (Å²) in [5.41, 5.74) is -0.692. The Morgan fingerprint density at radius 2 is 1.71 bits per heavy atom. The van der Waals surface area contributed by atoms with Crippen molar-refractivity contribution < 1.29 is 14.7 Å². The van der Waals surface area contributed by atoms with E-state index in [9.17, 15) is 14.7 Å². The van der Waals surface area contributed by atoms with Gasteiger partial charge in [0.25, 0.3) is 5.91 Å². The van der Waals surface area contributed by atoms with Crippen molar-refractivity contribution in [2.75, 3.05) is 0 Å². The van der Waals surface area contributed by atoms with Gasteiger partial charge in [0.05, 0.1) is 5.56 Å². The SMILES string of the molecule is O=C(NC1(C(=O)O)CCCCCC1)c1ccc(Br)cc1Br. The number of hydrogen-bond acceptors (Lipinski definition) is 2. The van der Waals surface area contributed by atoms with E-state index in [4.69, 9.17) is 0 Å². The average Bonchev–Trinajstić information content (AvgIpc) is 2.65. The second kappa shape index (κ2) is 6.92. The molecular weight excluding hydrogens is 402 g/mol. The molecule has 114 valence electrons. The Balaban J connectivity index is 2.24. The van der Waals surface area contributed by atoms with Crippen LogP contribution in [0.2, 0.25) is 0 Å². The Morgan fingerprint density at radius 3 is 2.24 bits per heavy atom. The van der Waals surface area contributed by atoms with Gasteiger partial charge in [-0.15, -0.1) is 0 Å². The van der Waals surface area contributed by atoms with Gasteiger partial charge in [0.1, 0.15) is 5.54 Å². The van der Waals surface area contributed by atoms with Gasteiger partial charge in [-0.05, 0) is 47.0 Å². The van der Waals surface area contributed by atoms with E-state index < -0.39 is 11.5 Å². The zero-order valence-electron chi connectivity index (χ0n) is 11.5. The molecule has 0 unspecified atom stereocenters. The molecular formula is C15H17Br2NO3. The lowest BCUT2D eigenvalue weighted by Gasteiger charge is -2.29. The molecule has 4 nitrogen and oxygen atoms in total. The van der Waals surface area contributed by atoms with Crippen molar-refractivity contribution in [2.45, 2.75) is 44.1 Å². The number of carboxylic acids is 1. The highest BCUT2D eigenvalue weighted by molar-refractivity contribution is 9.11. The van der Waals surface area contributed by atoms with Crippen LogP contribution in [0, 0.1) is 0 Å². The van der Waals surface area contributed by atoms with Gasteiger partial charge in [-0.2, -0.15) is 0 Å². The quantitative estimate of drug-likeness (QED) is 0.725. The molecule has 1 aliphatic carbocycles. The summed E-state index contributed by atoms with van der Waals surface area (Å²) in [6.45, 7) is 0. The van der Waals surface area contributed by atoms with Gasteiger partial charge in [-0.1, -0.05) is 41.6 Å². The molecule has 0 aliphatic heterocycles. The first-order valence-corrected chi connectivity index (χ1v) is 8.54. The molecule has 21 heavy (non-hydrogen) atoms. The third-order valence-electron chi connectivity index (χ3n) is 3.90. The summed E-state index contributed by atoms with van der Waals surface area (Å²) in [6, 6.07) is 5.21. The Labute approximate surface area is 140 Å². The molecule has 1 amide bonds. The molecule has 0 saturated heterocycles. The van der Waals surface area contributed by atoms with Crippen LogP contribution in [0.1, 0.15) is 48.9 Å². The van der Waals surface area contributed by atoms with Crippen molar-refractivity contribution >= 4 is 43.7 Å². The van der Waals surface area contributed by atoms with Crippen LogP contribution in [-0.4, -0.2) is 22.5 Å². The Bertz CT molecular complexity index is 552. The van der Waals surface area contributed by atoms with Crippen LogP contribution >= 0.6 is 31.9 Å². The first-order valence-electron chi connectivity index (χ1n) is 6.95. The van der Waals surface area contributed by atoms with Gasteiger partial charge in [0, 0.05) is 8.95 Å². The van der Waals surface area contributed by atoms with Crippen LogP contribution in [0.5, 0.6) is 0 Å². The number of aliphatic carboxylic acids is 1. The van der Waals surface area contributed by atoms with E-state index >= 15 is 0 Å². The zero-order chi connectivity index (χ0) is 15.5. The maximum absolute atomic E-state index is 12.4. The minimum atomic E-state index is -1.14. The third-order valence-corrected chi connectivity index (χ3v) is 5.04. The number of carbonyl (C=O) groups is 2. The third kappa shape index (κ3) is 3.86. The fourth-order valence-electron chi connectivity index (χ4n) is 2.68. The zero-order valence-corrected chi connectivity index (χ0v) is 14.7. The summed E-state index contributed by atoms with van der Waals surface area (Å²) in [5.74, 6) is -1.29. The number of hydrogen-bond donors (Lipinski definition) is 2. The normalized spacial score (nSPS) is 17.8. The summed E-state index contributed by atoms with van der Waals surface area (Å²) in [6.07, 6.45) is 4.67. The van der Waals surface area contributed by atoms with Crippen LogP contribution in [0.4, 0.5) is 0 Å². The summed E-state index contributed by atoms with van der Waals surface area (Å²) in [5, 5.41) is 12.4. The van der Waals surface area contributed by atoms with Crippen LogP contribution < -0.4 is 5.32 Å². The van der Waals surface area contributed by atoms with Gasteiger partial charge in [0.15, 0.2) is 0 Å². The lowest BCUT2D eigenvalue weighted by molar-refractivity contribution is -0.145.